The first kappa shape index (κ1) is 19.6. The van der Waals surface area contributed by atoms with E-state index in [1.165, 1.54) is 6.07 Å². The molecule has 25 heavy (non-hydrogen) atoms. The second-order valence-corrected chi connectivity index (χ2v) is 7.68. The quantitative estimate of drug-likeness (QED) is 0.671. The van der Waals surface area contributed by atoms with Crippen LogP contribution in [0.15, 0.2) is 42.5 Å². The molecule has 2 aromatic carbocycles. The fraction of sp³-hybridized carbons (Fsp3) is 0.235. The Hall–Kier alpha value is -1.69. The van der Waals surface area contributed by atoms with E-state index in [4.69, 9.17) is 39.5 Å². The number of hydrogen-bond acceptors (Lipinski definition) is 2. The van der Waals surface area contributed by atoms with Gasteiger partial charge in [-0.25, -0.2) is 9.18 Å². The molecule has 0 aliphatic carbocycles. The summed E-state index contributed by atoms with van der Waals surface area (Å²) in [6.45, 7) is 1.62. The summed E-state index contributed by atoms with van der Waals surface area (Å²) in [6, 6.07) is 9.45. The maximum atomic E-state index is 13.8. The Bertz CT molecular complexity index is 749. The maximum absolute atomic E-state index is 13.8. The van der Waals surface area contributed by atoms with Crippen LogP contribution >= 0.6 is 34.8 Å². The fourth-order valence-electron chi connectivity index (χ4n) is 2.12. The van der Waals surface area contributed by atoms with Gasteiger partial charge in [0, 0.05) is 5.69 Å². The Kier molecular flexibility index (Phi) is 6.38. The number of benzene rings is 2. The van der Waals surface area contributed by atoms with Crippen molar-refractivity contribution in [1.29, 1.82) is 0 Å². The smallest absolute Gasteiger partial charge is 0.319 e. The number of halogens is 4. The van der Waals surface area contributed by atoms with Crippen LogP contribution in [0, 0.1) is 12.7 Å². The molecular weight excluding hydrogens is 390 g/mol. The van der Waals surface area contributed by atoms with Gasteiger partial charge in [0.2, 0.25) is 3.79 Å². The van der Waals surface area contributed by atoms with Crippen molar-refractivity contribution in [2.75, 3.05) is 12.4 Å². The Morgan fingerprint density at radius 2 is 1.80 bits per heavy atom. The third kappa shape index (κ3) is 5.39. The van der Waals surface area contributed by atoms with Gasteiger partial charge in [0.15, 0.2) is 0 Å². The molecule has 2 amide bonds. The molecule has 0 aliphatic heterocycles. The number of alkyl halides is 3. The average molecular weight is 406 g/mol. The molecule has 1 atom stereocenters. The molecule has 0 bridgehead atoms. The molecule has 0 aliphatic rings. The zero-order valence-corrected chi connectivity index (χ0v) is 15.7. The van der Waals surface area contributed by atoms with Gasteiger partial charge in [-0.15, -0.1) is 0 Å². The number of carbonyl (C=O) groups is 1. The minimum Gasteiger partial charge on any atom is -0.497 e. The lowest BCUT2D eigenvalue weighted by Gasteiger charge is -2.26. The lowest BCUT2D eigenvalue weighted by molar-refractivity contribution is 0.248. The molecule has 2 rings (SSSR count). The average Bonchev–Trinajstić information content (AvgIpc) is 2.55. The van der Waals surface area contributed by atoms with Gasteiger partial charge in [-0.1, -0.05) is 46.9 Å². The molecule has 0 spiro atoms. The maximum Gasteiger partial charge on any atom is 0.319 e. The van der Waals surface area contributed by atoms with Crippen LogP contribution in [0.25, 0.3) is 0 Å². The first-order valence-corrected chi connectivity index (χ1v) is 8.38. The van der Waals surface area contributed by atoms with Crippen LogP contribution in [0.4, 0.5) is 14.9 Å². The summed E-state index contributed by atoms with van der Waals surface area (Å²) in [4.78, 5) is 12.2. The van der Waals surface area contributed by atoms with Crippen molar-refractivity contribution < 1.29 is 13.9 Å². The highest BCUT2D eigenvalue weighted by atomic mass is 35.6. The molecule has 0 heterocycles. The fourth-order valence-corrected chi connectivity index (χ4v) is 2.66. The predicted octanol–water partition coefficient (Wildman–Crippen LogP) is 5.38. The van der Waals surface area contributed by atoms with Crippen molar-refractivity contribution in [3.63, 3.8) is 0 Å². The number of hydrogen-bond donors (Lipinski definition) is 2. The van der Waals surface area contributed by atoms with Crippen LogP contribution in [-0.2, 0) is 0 Å². The van der Waals surface area contributed by atoms with E-state index in [0.717, 1.165) is 0 Å². The predicted molar refractivity (Wildman–Crippen MR) is 99.3 cm³/mol. The number of carbonyl (C=O) groups excluding carboxylic acids is 1. The summed E-state index contributed by atoms with van der Waals surface area (Å²) in [7, 11) is 1.54. The minimum atomic E-state index is -1.86. The Morgan fingerprint density at radius 1 is 1.16 bits per heavy atom. The summed E-state index contributed by atoms with van der Waals surface area (Å²) < 4.78 is 17.0. The van der Waals surface area contributed by atoms with E-state index in [0.29, 0.717) is 22.6 Å². The standard InChI is InChI=1S/C17H16Cl3FN2O2/c1-10-3-4-11(9-14(10)21)15(17(18,19)20)23-16(24)22-12-5-7-13(25-2)8-6-12/h3-9,15H,1-2H3,(H2,22,23,24)/t15-/m1/s1. The molecule has 0 saturated carbocycles. The summed E-state index contributed by atoms with van der Waals surface area (Å²) in [6.07, 6.45) is 0. The number of methoxy groups -OCH3 is 1. The molecule has 4 nitrogen and oxygen atoms in total. The topological polar surface area (TPSA) is 50.4 Å². The highest BCUT2D eigenvalue weighted by Gasteiger charge is 2.35. The van der Waals surface area contributed by atoms with Gasteiger partial charge >= 0.3 is 6.03 Å². The molecule has 0 fully saturated rings. The van der Waals surface area contributed by atoms with E-state index < -0.39 is 21.7 Å². The van der Waals surface area contributed by atoms with Crippen molar-refractivity contribution in [3.8, 4) is 5.75 Å². The summed E-state index contributed by atoms with van der Waals surface area (Å²) in [5, 5.41) is 5.17. The van der Waals surface area contributed by atoms with Gasteiger partial charge in [0.25, 0.3) is 0 Å². The van der Waals surface area contributed by atoms with E-state index >= 15 is 0 Å². The van der Waals surface area contributed by atoms with Crippen LogP contribution in [-0.4, -0.2) is 16.9 Å². The lowest BCUT2D eigenvalue weighted by Crippen LogP contribution is -2.39. The van der Waals surface area contributed by atoms with Gasteiger partial charge < -0.3 is 15.4 Å². The highest BCUT2D eigenvalue weighted by Crippen LogP contribution is 2.40. The number of ether oxygens (including phenoxy) is 1. The van der Waals surface area contributed by atoms with Gasteiger partial charge in [-0.05, 0) is 48.4 Å². The Morgan fingerprint density at radius 3 is 2.32 bits per heavy atom. The minimum absolute atomic E-state index is 0.341. The molecule has 0 aromatic heterocycles. The Labute approximate surface area is 160 Å². The van der Waals surface area contributed by atoms with Crippen LogP contribution in [0.1, 0.15) is 17.2 Å². The number of rotatable bonds is 4. The van der Waals surface area contributed by atoms with Crippen LogP contribution in [0.5, 0.6) is 5.75 Å². The molecule has 0 radical (unpaired) electrons. The monoisotopic (exact) mass is 404 g/mol. The van der Waals surface area contributed by atoms with E-state index in [9.17, 15) is 9.18 Å². The molecule has 0 unspecified atom stereocenters. The van der Waals surface area contributed by atoms with Gasteiger partial charge in [-0.2, -0.15) is 0 Å². The lowest BCUT2D eigenvalue weighted by atomic mass is 10.1. The zero-order chi connectivity index (χ0) is 18.6. The second kappa shape index (κ2) is 8.13. The highest BCUT2D eigenvalue weighted by molar-refractivity contribution is 6.68. The van der Waals surface area contributed by atoms with Gasteiger partial charge in [0.1, 0.15) is 17.6 Å². The van der Waals surface area contributed by atoms with Crippen molar-refractivity contribution in [3.05, 3.63) is 59.4 Å². The normalized spacial score (nSPS) is 12.4. The van der Waals surface area contributed by atoms with Crippen molar-refractivity contribution in [2.24, 2.45) is 0 Å². The first-order valence-electron chi connectivity index (χ1n) is 7.25. The summed E-state index contributed by atoms with van der Waals surface area (Å²) in [5.74, 6) is 0.203. The second-order valence-electron chi connectivity index (χ2n) is 5.31. The van der Waals surface area contributed by atoms with Crippen molar-refractivity contribution in [2.45, 2.75) is 16.8 Å². The number of aryl methyl sites for hydroxylation is 1. The van der Waals surface area contributed by atoms with Gasteiger partial charge in [0.05, 0.1) is 7.11 Å². The van der Waals surface area contributed by atoms with Crippen LogP contribution in [0.2, 0.25) is 0 Å². The van der Waals surface area contributed by atoms with Crippen molar-refractivity contribution in [1.82, 2.24) is 5.32 Å². The van der Waals surface area contributed by atoms with Crippen LogP contribution < -0.4 is 15.4 Å². The summed E-state index contributed by atoms with van der Waals surface area (Å²) >= 11 is 17.9. The van der Waals surface area contributed by atoms with E-state index in [1.54, 1.807) is 50.4 Å². The first-order chi connectivity index (χ1) is 11.7. The van der Waals surface area contributed by atoms with Gasteiger partial charge in [-0.3, -0.25) is 0 Å². The van der Waals surface area contributed by atoms with E-state index in [2.05, 4.69) is 10.6 Å². The Balaban J connectivity index is 2.15. The molecule has 0 saturated heterocycles. The van der Waals surface area contributed by atoms with Crippen LogP contribution in [0.3, 0.4) is 0 Å². The van der Waals surface area contributed by atoms with E-state index in [1.807, 2.05) is 0 Å². The zero-order valence-electron chi connectivity index (χ0n) is 13.4. The largest absolute Gasteiger partial charge is 0.497 e. The summed E-state index contributed by atoms with van der Waals surface area (Å²) in [5.41, 5.74) is 1.32. The number of nitrogens with one attached hydrogen (secondary N) is 2. The molecular formula is C17H16Cl3FN2O2. The van der Waals surface area contributed by atoms with E-state index in [-0.39, 0.29) is 0 Å². The molecule has 2 N–H and O–H groups in total. The van der Waals surface area contributed by atoms with Crippen molar-refractivity contribution >= 4 is 46.5 Å². The third-order valence-electron chi connectivity index (χ3n) is 3.48. The molecule has 2 aromatic rings. The number of amides is 2. The number of anilines is 1. The third-order valence-corrected chi connectivity index (χ3v) is 4.13. The number of urea groups is 1. The molecule has 134 valence electrons. The SMILES string of the molecule is COc1ccc(NC(=O)N[C@H](c2ccc(C)c(F)c2)C(Cl)(Cl)Cl)cc1. The molecule has 8 heteroatoms.